The molecule has 84 valence electrons. The minimum absolute atomic E-state index is 0.0305. The Morgan fingerprint density at radius 1 is 1.29 bits per heavy atom. The van der Waals surface area contributed by atoms with E-state index in [1.807, 2.05) is 0 Å². The van der Waals surface area contributed by atoms with Crippen molar-refractivity contribution in [3.8, 4) is 0 Å². The standard InChI is InChI=1S/C8H17O5P/c1-13-6-3-2-4-8(9)5-7-14(10,11)12/h2-7H2,1H3,(H2,10,11,12). The average Bonchev–Trinajstić information content (AvgIpc) is 2.08. The van der Waals surface area contributed by atoms with Crippen LogP contribution >= 0.6 is 7.60 Å². The number of hydrogen-bond acceptors (Lipinski definition) is 3. The second-order valence-electron chi connectivity index (χ2n) is 3.13. The molecule has 14 heavy (non-hydrogen) atoms. The van der Waals surface area contributed by atoms with E-state index >= 15 is 0 Å². The summed E-state index contributed by atoms with van der Waals surface area (Å²) in [5.74, 6) is -0.0931. The lowest BCUT2D eigenvalue weighted by Crippen LogP contribution is -2.02. The number of hydrogen-bond donors (Lipinski definition) is 2. The highest BCUT2D eigenvalue weighted by Crippen LogP contribution is 2.34. The van der Waals surface area contributed by atoms with E-state index in [4.69, 9.17) is 14.5 Å². The summed E-state index contributed by atoms with van der Waals surface area (Å²) in [5.41, 5.74) is 0. The third-order valence-corrected chi connectivity index (χ3v) is 2.54. The van der Waals surface area contributed by atoms with E-state index in [0.717, 1.165) is 6.42 Å². The first-order valence-electron chi connectivity index (χ1n) is 4.51. The zero-order chi connectivity index (χ0) is 11.0. The first-order valence-corrected chi connectivity index (χ1v) is 6.30. The maximum atomic E-state index is 11.1. The van der Waals surface area contributed by atoms with Gasteiger partial charge in [0, 0.05) is 26.6 Å². The van der Waals surface area contributed by atoms with Crippen LogP contribution in [0, 0.1) is 0 Å². The van der Waals surface area contributed by atoms with Gasteiger partial charge in [-0.25, -0.2) is 0 Å². The Kier molecular flexibility index (Phi) is 7.01. The minimum Gasteiger partial charge on any atom is -0.385 e. The minimum atomic E-state index is -4.01. The van der Waals surface area contributed by atoms with Crippen molar-refractivity contribution in [1.82, 2.24) is 0 Å². The number of unbranched alkanes of at least 4 members (excludes halogenated alkanes) is 1. The van der Waals surface area contributed by atoms with E-state index in [1.165, 1.54) is 0 Å². The van der Waals surface area contributed by atoms with E-state index in [2.05, 4.69) is 0 Å². The maximum Gasteiger partial charge on any atom is 0.326 e. The molecule has 5 nitrogen and oxygen atoms in total. The van der Waals surface area contributed by atoms with E-state index in [9.17, 15) is 9.36 Å². The second-order valence-corrected chi connectivity index (χ2v) is 4.90. The number of carbonyl (C=O) groups excluding carboxylic acids is 1. The summed E-state index contributed by atoms with van der Waals surface area (Å²) in [5, 5.41) is 0. The Labute approximate surface area is 83.6 Å². The van der Waals surface area contributed by atoms with Crippen molar-refractivity contribution in [3.05, 3.63) is 0 Å². The van der Waals surface area contributed by atoms with Crippen molar-refractivity contribution in [2.45, 2.75) is 25.7 Å². The molecule has 0 saturated heterocycles. The van der Waals surface area contributed by atoms with Crippen LogP contribution < -0.4 is 0 Å². The van der Waals surface area contributed by atoms with Crippen LogP contribution in [0.3, 0.4) is 0 Å². The van der Waals surface area contributed by atoms with Gasteiger partial charge in [-0.1, -0.05) is 0 Å². The molecule has 0 heterocycles. The second kappa shape index (κ2) is 7.12. The molecule has 0 amide bonds. The van der Waals surface area contributed by atoms with Crippen LogP contribution in [0.5, 0.6) is 0 Å². The summed E-state index contributed by atoms with van der Waals surface area (Å²) in [6.07, 6.45) is 1.53. The van der Waals surface area contributed by atoms with Crippen LogP contribution in [0.1, 0.15) is 25.7 Å². The number of rotatable bonds is 8. The first kappa shape index (κ1) is 13.8. The fourth-order valence-electron chi connectivity index (χ4n) is 0.964. The molecule has 0 radical (unpaired) electrons. The zero-order valence-electron chi connectivity index (χ0n) is 8.31. The normalized spacial score (nSPS) is 11.6. The highest BCUT2D eigenvalue weighted by molar-refractivity contribution is 7.51. The third-order valence-electron chi connectivity index (χ3n) is 1.74. The lowest BCUT2D eigenvalue weighted by atomic mass is 10.1. The molecule has 6 heteroatoms. The van der Waals surface area contributed by atoms with Crippen molar-refractivity contribution < 1.29 is 23.9 Å². The SMILES string of the molecule is COCCCCC(=O)CCP(=O)(O)O. The Balaban J connectivity index is 3.42. The van der Waals surface area contributed by atoms with Crippen LogP contribution in [0.15, 0.2) is 0 Å². The molecule has 0 aliphatic rings. The molecule has 0 aliphatic carbocycles. The van der Waals surface area contributed by atoms with Crippen LogP contribution in [0.25, 0.3) is 0 Å². The van der Waals surface area contributed by atoms with E-state index < -0.39 is 7.60 Å². The molecule has 0 aromatic rings. The maximum absolute atomic E-state index is 11.1. The van der Waals surface area contributed by atoms with Gasteiger partial charge in [-0.3, -0.25) is 9.36 Å². The fraction of sp³-hybridized carbons (Fsp3) is 0.875. The van der Waals surface area contributed by atoms with E-state index in [-0.39, 0.29) is 18.4 Å². The number of Topliss-reactive ketones (excluding diaryl/α,β-unsaturated/α-hetero) is 1. The molecular weight excluding hydrogens is 207 g/mol. The topological polar surface area (TPSA) is 83.8 Å². The number of ketones is 1. The smallest absolute Gasteiger partial charge is 0.326 e. The highest BCUT2D eigenvalue weighted by Gasteiger charge is 2.14. The molecule has 0 saturated carbocycles. The monoisotopic (exact) mass is 224 g/mol. The van der Waals surface area contributed by atoms with E-state index in [0.29, 0.717) is 19.4 Å². The summed E-state index contributed by atoms with van der Waals surface area (Å²) >= 11 is 0. The number of carbonyl (C=O) groups is 1. The summed E-state index contributed by atoms with van der Waals surface area (Å²) in [6.45, 7) is 0.617. The molecule has 0 aliphatic heterocycles. The molecule has 0 fully saturated rings. The van der Waals surface area contributed by atoms with Crippen molar-refractivity contribution in [2.75, 3.05) is 19.9 Å². The average molecular weight is 224 g/mol. The highest BCUT2D eigenvalue weighted by atomic mass is 31.2. The number of ether oxygens (including phenoxy) is 1. The summed E-state index contributed by atoms with van der Waals surface area (Å²) < 4.78 is 15.2. The Hall–Kier alpha value is -0.220. The van der Waals surface area contributed by atoms with Crippen molar-refractivity contribution in [2.24, 2.45) is 0 Å². The van der Waals surface area contributed by atoms with Crippen molar-refractivity contribution >= 4 is 13.4 Å². The van der Waals surface area contributed by atoms with Crippen molar-refractivity contribution in [3.63, 3.8) is 0 Å². The van der Waals surface area contributed by atoms with Crippen LogP contribution in [-0.2, 0) is 14.1 Å². The Morgan fingerprint density at radius 2 is 1.93 bits per heavy atom. The zero-order valence-corrected chi connectivity index (χ0v) is 9.20. The van der Waals surface area contributed by atoms with Gasteiger partial charge in [0.2, 0.25) is 0 Å². The molecular formula is C8H17O5P. The van der Waals surface area contributed by atoms with Crippen LogP contribution in [0.4, 0.5) is 0 Å². The van der Waals surface area contributed by atoms with Gasteiger partial charge in [0.25, 0.3) is 0 Å². The predicted octanol–water partition coefficient (Wildman–Crippen LogP) is 0.940. The lowest BCUT2D eigenvalue weighted by molar-refractivity contribution is -0.118. The van der Waals surface area contributed by atoms with Crippen LogP contribution in [0.2, 0.25) is 0 Å². The number of methoxy groups -OCH3 is 1. The van der Waals surface area contributed by atoms with Gasteiger partial charge in [0.05, 0.1) is 6.16 Å². The van der Waals surface area contributed by atoms with Gasteiger partial charge < -0.3 is 14.5 Å². The van der Waals surface area contributed by atoms with E-state index in [1.54, 1.807) is 7.11 Å². The summed E-state index contributed by atoms with van der Waals surface area (Å²) in [4.78, 5) is 28.1. The van der Waals surface area contributed by atoms with Gasteiger partial charge >= 0.3 is 7.60 Å². The first-order chi connectivity index (χ1) is 6.45. The molecule has 0 atom stereocenters. The molecule has 0 aromatic heterocycles. The lowest BCUT2D eigenvalue weighted by Gasteiger charge is -2.02. The van der Waals surface area contributed by atoms with Gasteiger partial charge in [-0.05, 0) is 12.8 Å². The quantitative estimate of drug-likeness (QED) is 0.473. The third kappa shape index (κ3) is 9.86. The summed E-state index contributed by atoms with van der Waals surface area (Å²) in [7, 11) is -2.42. The predicted molar refractivity (Wildman–Crippen MR) is 52.3 cm³/mol. The Morgan fingerprint density at radius 3 is 2.43 bits per heavy atom. The summed E-state index contributed by atoms with van der Waals surface area (Å²) in [6, 6.07) is 0. The molecule has 0 aromatic carbocycles. The van der Waals surface area contributed by atoms with Crippen LogP contribution in [-0.4, -0.2) is 35.4 Å². The largest absolute Gasteiger partial charge is 0.385 e. The molecule has 0 spiro atoms. The molecule has 2 N–H and O–H groups in total. The van der Waals surface area contributed by atoms with Gasteiger partial charge in [-0.15, -0.1) is 0 Å². The molecule has 0 rings (SSSR count). The Bertz CT molecular complexity index is 210. The molecule has 0 unspecified atom stereocenters. The molecule has 0 bridgehead atoms. The van der Waals surface area contributed by atoms with Crippen molar-refractivity contribution in [1.29, 1.82) is 0 Å². The van der Waals surface area contributed by atoms with Gasteiger partial charge in [0.1, 0.15) is 5.78 Å². The van der Waals surface area contributed by atoms with Gasteiger partial charge in [-0.2, -0.15) is 0 Å². The fourth-order valence-corrected chi connectivity index (χ4v) is 1.50. The van der Waals surface area contributed by atoms with Gasteiger partial charge in [0.15, 0.2) is 0 Å².